The van der Waals surface area contributed by atoms with Crippen molar-refractivity contribution in [1.82, 2.24) is 20.2 Å². The fourth-order valence-electron chi connectivity index (χ4n) is 1.28. The molecule has 5 nitrogen and oxygen atoms in total. The van der Waals surface area contributed by atoms with Crippen LogP contribution in [0.5, 0.6) is 0 Å². The molecule has 1 heterocycles. The van der Waals surface area contributed by atoms with E-state index in [2.05, 4.69) is 20.8 Å². The van der Waals surface area contributed by atoms with Gasteiger partial charge in [0, 0.05) is 11.9 Å². The first-order valence-corrected chi connectivity index (χ1v) is 5.51. The van der Waals surface area contributed by atoms with Crippen molar-refractivity contribution < 1.29 is 0 Å². The van der Waals surface area contributed by atoms with E-state index >= 15 is 0 Å². The van der Waals surface area contributed by atoms with Gasteiger partial charge < -0.3 is 5.32 Å². The van der Waals surface area contributed by atoms with Crippen molar-refractivity contribution in [2.75, 3.05) is 11.2 Å². The van der Waals surface area contributed by atoms with Crippen molar-refractivity contribution in [1.29, 1.82) is 0 Å². The van der Waals surface area contributed by atoms with E-state index in [9.17, 15) is 0 Å². The molecule has 0 aliphatic heterocycles. The van der Waals surface area contributed by atoms with Gasteiger partial charge in [0.1, 0.15) is 0 Å². The van der Waals surface area contributed by atoms with Gasteiger partial charge in [0.2, 0.25) is 5.95 Å². The molecule has 84 valence electrons. The summed E-state index contributed by atoms with van der Waals surface area (Å²) in [5.74, 6) is 1.10. The molecular weight excluding hydrogens is 226 g/mol. The summed E-state index contributed by atoms with van der Waals surface area (Å²) < 4.78 is 1.64. The predicted octanol–water partition coefficient (Wildman–Crippen LogP) is 1.70. The molecule has 1 N–H and O–H groups in total. The molecule has 0 saturated carbocycles. The molecule has 16 heavy (non-hydrogen) atoms. The van der Waals surface area contributed by atoms with Crippen molar-refractivity contribution >= 4 is 17.5 Å². The fraction of sp³-hybridized carbons (Fsp3) is 0.300. The first-order chi connectivity index (χ1) is 7.81. The lowest BCUT2D eigenvalue weighted by molar-refractivity contribution is 0.783. The maximum Gasteiger partial charge on any atom is 0.247 e. The van der Waals surface area contributed by atoms with Crippen LogP contribution in [-0.4, -0.2) is 32.1 Å². The SMILES string of the molecule is CC(CCl)Nc1nnnn1-c1ccccc1. The molecule has 0 fully saturated rings. The molecule has 6 heteroatoms. The molecular formula is C10H12ClN5. The second kappa shape index (κ2) is 4.94. The summed E-state index contributed by atoms with van der Waals surface area (Å²) in [4.78, 5) is 0. The maximum atomic E-state index is 5.73. The number of hydrogen-bond acceptors (Lipinski definition) is 4. The first-order valence-electron chi connectivity index (χ1n) is 4.97. The van der Waals surface area contributed by atoms with E-state index in [0.29, 0.717) is 11.8 Å². The van der Waals surface area contributed by atoms with Crippen molar-refractivity contribution in [3.63, 3.8) is 0 Å². The Morgan fingerprint density at radius 3 is 2.81 bits per heavy atom. The quantitative estimate of drug-likeness (QED) is 0.823. The highest BCUT2D eigenvalue weighted by Crippen LogP contribution is 2.11. The molecule has 0 spiro atoms. The second-order valence-corrected chi connectivity index (χ2v) is 3.76. The standard InChI is InChI=1S/C10H12ClN5/c1-8(7-11)12-10-13-14-15-16(10)9-5-3-2-4-6-9/h2-6,8H,7H2,1H3,(H,12,13,15). The van der Waals surface area contributed by atoms with E-state index in [1.807, 2.05) is 37.3 Å². The predicted molar refractivity (Wildman–Crippen MR) is 63.0 cm³/mol. The van der Waals surface area contributed by atoms with Crippen LogP contribution < -0.4 is 5.32 Å². The van der Waals surface area contributed by atoms with Crippen LogP contribution in [0.2, 0.25) is 0 Å². The summed E-state index contributed by atoms with van der Waals surface area (Å²) in [6, 6.07) is 9.81. The molecule has 1 unspecified atom stereocenters. The Bertz CT molecular complexity index is 441. The molecule has 1 aromatic heterocycles. The van der Waals surface area contributed by atoms with E-state index < -0.39 is 0 Å². The van der Waals surface area contributed by atoms with Crippen LogP contribution in [0.1, 0.15) is 6.92 Å². The van der Waals surface area contributed by atoms with Gasteiger partial charge in [-0.3, -0.25) is 0 Å². The van der Waals surface area contributed by atoms with Crippen LogP contribution in [-0.2, 0) is 0 Å². The number of benzene rings is 1. The topological polar surface area (TPSA) is 55.6 Å². The Hall–Kier alpha value is -1.62. The fourth-order valence-corrected chi connectivity index (χ4v) is 1.36. The average molecular weight is 238 g/mol. The monoisotopic (exact) mass is 237 g/mol. The summed E-state index contributed by atoms with van der Waals surface area (Å²) in [5, 5.41) is 14.6. The lowest BCUT2D eigenvalue weighted by atomic mass is 10.3. The van der Waals surface area contributed by atoms with Crippen LogP contribution in [0.15, 0.2) is 30.3 Å². The summed E-state index contributed by atoms with van der Waals surface area (Å²) >= 11 is 5.73. The Labute approximate surface area is 98.4 Å². The molecule has 1 atom stereocenters. The summed E-state index contributed by atoms with van der Waals surface area (Å²) in [6.07, 6.45) is 0. The number of rotatable bonds is 4. The molecule has 0 bridgehead atoms. The van der Waals surface area contributed by atoms with Gasteiger partial charge in [-0.25, -0.2) is 0 Å². The van der Waals surface area contributed by atoms with E-state index in [1.165, 1.54) is 0 Å². The largest absolute Gasteiger partial charge is 0.349 e. The summed E-state index contributed by atoms with van der Waals surface area (Å²) in [6.45, 7) is 1.97. The van der Waals surface area contributed by atoms with Gasteiger partial charge in [0.25, 0.3) is 0 Å². The lowest BCUT2D eigenvalue weighted by Crippen LogP contribution is -2.19. The number of halogens is 1. The third kappa shape index (κ3) is 2.30. The summed E-state index contributed by atoms with van der Waals surface area (Å²) in [5.41, 5.74) is 0.914. The molecule has 0 aliphatic rings. The maximum absolute atomic E-state index is 5.73. The normalized spacial score (nSPS) is 12.4. The smallest absolute Gasteiger partial charge is 0.247 e. The number of nitrogens with one attached hydrogen (secondary N) is 1. The zero-order valence-corrected chi connectivity index (χ0v) is 9.59. The number of anilines is 1. The van der Waals surface area contributed by atoms with Crippen molar-refractivity contribution in [2.45, 2.75) is 13.0 Å². The molecule has 0 radical (unpaired) electrons. The molecule has 2 aromatic rings. The van der Waals surface area contributed by atoms with Crippen LogP contribution in [0, 0.1) is 0 Å². The zero-order valence-electron chi connectivity index (χ0n) is 8.84. The second-order valence-electron chi connectivity index (χ2n) is 3.45. The van der Waals surface area contributed by atoms with Gasteiger partial charge in [-0.05, 0) is 29.5 Å². The molecule has 1 aromatic carbocycles. The molecule has 0 aliphatic carbocycles. The van der Waals surface area contributed by atoms with Gasteiger partial charge in [-0.15, -0.1) is 11.6 Å². The summed E-state index contributed by atoms with van der Waals surface area (Å²) in [7, 11) is 0. The Kier molecular flexibility index (Phi) is 3.36. The Balaban J connectivity index is 2.26. The Morgan fingerprint density at radius 1 is 1.38 bits per heavy atom. The van der Waals surface area contributed by atoms with Crippen molar-refractivity contribution in [3.05, 3.63) is 30.3 Å². The third-order valence-electron chi connectivity index (χ3n) is 2.08. The average Bonchev–Trinajstić information content (AvgIpc) is 2.78. The highest BCUT2D eigenvalue weighted by molar-refractivity contribution is 6.18. The number of para-hydroxylation sites is 1. The number of hydrogen-bond donors (Lipinski definition) is 1. The molecule has 0 amide bonds. The highest BCUT2D eigenvalue weighted by atomic mass is 35.5. The van der Waals surface area contributed by atoms with Gasteiger partial charge in [-0.2, -0.15) is 4.68 Å². The molecule has 2 rings (SSSR count). The van der Waals surface area contributed by atoms with E-state index in [1.54, 1.807) is 4.68 Å². The van der Waals surface area contributed by atoms with Gasteiger partial charge >= 0.3 is 0 Å². The minimum Gasteiger partial charge on any atom is -0.349 e. The third-order valence-corrected chi connectivity index (χ3v) is 2.54. The Morgan fingerprint density at radius 2 is 2.12 bits per heavy atom. The highest BCUT2D eigenvalue weighted by Gasteiger charge is 2.09. The minimum atomic E-state index is 0.120. The van der Waals surface area contributed by atoms with Gasteiger partial charge in [-0.1, -0.05) is 23.3 Å². The van der Waals surface area contributed by atoms with Crippen LogP contribution in [0.3, 0.4) is 0 Å². The van der Waals surface area contributed by atoms with Gasteiger partial charge in [0.15, 0.2) is 0 Å². The van der Waals surface area contributed by atoms with E-state index in [0.717, 1.165) is 5.69 Å². The van der Waals surface area contributed by atoms with Crippen LogP contribution >= 0.6 is 11.6 Å². The van der Waals surface area contributed by atoms with E-state index in [-0.39, 0.29) is 6.04 Å². The number of nitrogens with zero attached hydrogens (tertiary/aromatic N) is 4. The minimum absolute atomic E-state index is 0.120. The van der Waals surface area contributed by atoms with Crippen LogP contribution in [0.25, 0.3) is 5.69 Å². The number of tetrazole rings is 1. The number of aromatic nitrogens is 4. The lowest BCUT2D eigenvalue weighted by Gasteiger charge is -2.10. The number of alkyl halides is 1. The van der Waals surface area contributed by atoms with E-state index in [4.69, 9.17) is 11.6 Å². The first kappa shape index (κ1) is 10.9. The van der Waals surface area contributed by atoms with Crippen LogP contribution in [0.4, 0.5) is 5.95 Å². The van der Waals surface area contributed by atoms with Crippen molar-refractivity contribution in [3.8, 4) is 5.69 Å². The molecule has 0 saturated heterocycles. The zero-order chi connectivity index (χ0) is 11.4. The van der Waals surface area contributed by atoms with Gasteiger partial charge in [0.05, 0.1) is 5.69 Å². The van der Waals surface area contributed by atoms with Crippen molar-refractivity contribution in [2.24, 2.45) is 0 Å².